The second-order valence-electron chi connectivity index (χ2n) is 12.4. The summed E-state index contributed by atoms with van der Waals surface area (Å²) >= 11 is 0. The number of rotatable bonds is 6. The minimum Gasteiger partial charge on any atom is -0.456 e. The number of hydrogen-bond donors (Lipinski definition) is 0. The predicted octanol–water partition coefficient (Wildman–Crippen LogP) is 11.9. The highest BCUT2D eigenvalue weighted by molar-refractivity contribution is 6.17. The largest absolute Gasteiger partial charge is 0.456 e. The van der Waals surface area contributed by atoms with E-state index in [4.69, 9.17) is 18.8 Å². The minimum absolute atomic E-state index is 0.358. The van der Waals surface area contributed by atoms with Crippen molar-refractivity contribution in [1.29, 1.82) is 0 Å². The third kappa shape index (κ3) is 5.51. The Morgan fingerprint density at radius 1 is 0.510 bits per heavy atom. The van der Waals surface area contributed by atoms with Gasteiger partial charge in [-0.25, -0.2) is 9.98 Å². The fraction of sp³-hybridized carbons (Fsp3) is 0.0217. The molecule has 0 radical (unpaired) electrons. The first-order valence-corrected chi connectivity index (χ1v) is 16.9. The van der Waals surface area contributed by atoms with Crippen LogP contribution in [0.15, 0.2) is 188 Å². The van der Waals surface area contributed by atoms with Gasteiger partial charge in [0, 0.05) is 43.8 Å². The number of furan rings is 2. The van der Waals surface area contributed by atoms with Crippen molar-refractivity contribution in [2.45, 2.75) is 6.54 Å². The summed E-state index contributed by atoms with van der Waals surface area (Å²) in [5.41, 5.74) is 10.4. The molecule has 9 rings (SSSR count). The molecule has 0 amide bonds. The third-order valence-electron chi connectivity index (χ3n) is 9.32. The molecule has 2 aromatic heterocycles. The molecule has 0 fully saturated rings. The first kappa shape index (κ1) is 30.2. The van der Waals surface area contributed by atoms with Crippen LogP contribution in [0.5, 0.6) is 0 Å². The molecule has 9 aromatic rings. The lowest BCUT2D eigenvalue weighted by atomic mass is 9.90. The van der Waals surface area contributed by atoms with E-state index in [2.05, 4.69) is 109 Å². The number of fused-ring (bicyclic) bond motifs is 6. The molecule has 5 nitrogen and oxygen atoms in total. The molecule has 0 unspecified atom stereocenters. The van der Waals surface area contributed by atoms with Gasteiger partial charge < -0.3 is 8.83 Å². The standard InChI is InChI=1S/C46H31N3O2/c1-47-45(31-16-6-3-7-17-31)49-46(48-29-34-20-13-23-37-36-21-8-10-24-39(36)51-44(34)37)33-19-12-18-32(28-33)42-35(30-14-4-2-5-15-30)26-27-41-43(42)38-22-9-11-25-40(38)50-41/h2-28H,1,29H2/b48-46-,49-45-. The molecule has 0 atom stereocenters. The first-order valence-electron chi connectivity index (χ1n) is 16.9. The van der Waals surface area contributed by atoms with E-state index >= 15 is 0 Å². The smallest absolute Gasteiger partial charge is 0.161 e. The van der Waals surface area contributed by atoms with E-state index in [-0.39, 0.29) is 0 Å². The maximum Gasteiger partial charge on any atom is 0.161 e. The zero-order valence-corrected chi connectivity index (χ0v) is 27.7. The Morgan fingerprint density at radius 3 is 1.96 bits per heavy atom. The van der Waals surface area contributed by atoms with Crippen molar-refractivity contribution in [3.63, 3.8) is 0 Å². The molecule has 0 aliphatic carbocycles. The van der Waals surface area contributed by atoms with E-state index in [1.165, 1.54) is 0 Å². The molecular weight excluding hydrogens is 627 g/mol. The van der Waals surface area contributed by atoms with Crippen LogP contribution in [0.2, 0.25) is 0 Å². The van der Waals surface area contributed by atoms with Gasteiger partial charge in [0.05, 0.1) is 6.54 Å². The molecule has 7 aromatic carbocycles. The molecule has 0 aliphatic heterocycles. The molecule has 0 saturated heterocycles. The van der Waals surface area contributed by atoms with Gasteiger partial charge >= 0.3 is 0 Å². The van der Waals surface area contributed by atoms with Crippen molar-refractivity contribution in [2.24, 2.45) is 15.0 Å². The van der Waals surface area contributed by atoms with Crippen LogP contribution < -0.4 is 0 Å². The number of nitrogens with zero attached hydrogens (tertiary/aromatic N) is 3. The number of benzene rings is 7. The lowest BCUT2D eigenvalue weighted by Gasteiger charge is -2.14. The van der Waals surface area contributed by atoms with Crippen molar-refractivity contribution >= 4 is 62.3 Å². The van der Waals surface area contributed by atoms with Gasteiger partial charge in [0.1, 0.15) is 22.3 Å². The Labute approximate surface area is 294 Å². The summed E-state index contributed by atoms with van der Waals surface area (Å²) in [5, 5.41) is 4.29. The number of amidine groups is 2. The zero-order chi connectivity index (χ0) is 34.1. The third-order valence-corrected chi connectivity index (χ3v) is 9.32. The van der Waals surface area contributed by atoms with Gasteiger partial charge in [-0.3, -0.25) is 4.99 Å². The van der Waals surface area contributed by atoms with E-state index in [1.807, 2.05) is 66.7 Å². The molecule has 0 saturated carbocycles. The summed E-state index contributed by atoms with van der Waals surface area (Å²) < 4.78 is 12.7. The van der Waals surface area contributed by atoms with Crippen LogP contribution in [-0.2, 0) is 6.54 Å². The van der Waals surface area contributed by atoms with E-state index in [0.717, 1.165) is 82.8 Å². The first-order chi connectivity index (χ1) is 25.2. The van der Waals surface area contributed by atoms with Gasteiger partial charge in [0.15, 0.2) is 11.7 Å². The fourth-order valence-corrected chi connectivity index (χ4v) is 6.95. The topological polar surface area (TPSA) is 63.4 Å². The van der Waals surface area contributed by atoms with Crippen molar-refractivity contribution < 1.29 is 8.83 Å². The number of aliphatic imine (C=N–C) groups is 3. The molecule has 51 heavy (non-hydrogen) atoms. The fourth-order valence-electron chi connectivity index (χ4n) is 6.95. The van der Waals surface area contributed by atoms with Crippen LogP contribution >= 0.6 is 0 Å². The number of hydrogen-bond acceptors (Lipinski definition) is 3. The second-order valence-corrected chi connectivity index (χ2v) is 12.4. The molecule has 0 bridgehead atoms. The van der Waals surface area contributed by atoms with Crippen molar-refractivity contribution in [1.82, 2.24) is 0 Å². The van der Waals surface area contributed by atoms with Crippen LogP contribution in [0, 0.1) is 0 Å². The summed E-state index contributed by atoms with van der Waals surface area (Å²) in [6.07, 6.45) is 0. The van der Waals surface area contributed by atoms with Crippen molar-refractivity contribution in [3.8, 4) is 22.3 Å². The minimum atomic E-state index is 0.358. The average molecular weight is 658 g/mol. The Morgan fingerprint density at radius 2 is 1.16 bits per heavy atom. The summed E-state index contributed by atoms with van der Waals surface area (Å²) in [5.74, 6) is 1.04. The summed E-state index contributed by atoms with van der Waals surface area (Å²) in [7, 11) is 0. The van der Waals surface area contributed by atoms with Gasteiger partial charge in [0.25, 0.3) is 0 Å². The molecule has 0 N–H and O–H groups in total. The highest BCUT2D eigenvalue weighted by Gasteiger charge is 2.19. The molecule has 0 spiro atoms. The highest BCUT2D eigenvalue weighted by atomic mass is 16.3. The Balaban J connectivity index is 1.24. The highest BCUT2D eigenvalue weighted by Crippen LogP contribution is 2.43. The van der Waals surface area contributed by atoms with Crippen molar-refractivity contribution in [2.75, 3.05) is 0 Å². The maximum absolute atomic E-state index is 6.37. The molecule has 0 aliphatic rings. The van der Waals surface area contributed by atoms with E-state index < -0.39 is 0 Å². The zero-order valence-electron chi connectivity index (χ0n) is 27.7. The van der Waals surface area contributed by atoms with Gasteiger partial charge in [-0.1, -0.05) is 140 Å². The van der Waals surface area contributed by atoms with Crippen molar-refractivity contribution in [3.05, 3.63) is 180 Å². The molecule has 242 valence electrons. The number of para-hydroxylation sites is 3. The Bertz CT molecular complexity index is 2790. The molecule has 5 heteroatoms. The van der Waals surface area contributed by atoms with E-state index in [1.54, 1.807) is 0 Å². The van der Waals surface area contributed by atoms with Crippen LogP contribution in [0.3, 0.4) is 0 Å². The lowest BCUT2D eigenvalue weighted by molar-refractivity contribution is 0.663. The van der Waals surface area contributed by atoms with Crippen LogP contribution in [0.4, 0.5) is 0 Å². The van der Waals surface area contributed by atoms with Gasteiger partial charge in [-0.2, -0.15) is 0 Å². The Kier molecular flexibility index (Phi) is 7.63. The van der Waals surface area contributed by atoms with Crippen LogP contribution in [-0.4, -0.2) is 18.4 Å². The SMILES string of the molecule is C=N/C(=N\C(=N/Cc1cccc2c1oc1ccccc12)c1cccc(-c2c(-c3ccccc3)ccc3oc4ccccc4c23)c1)c1ccccc1. The summed E-state index contributed by atoms with van der Waals surface area (Å²) in [4.78, 5) is 14.6. The lowest BCUT2D eigenvalue weighted by Crippen LogP contribution is -2.06. The van der Waals surface area contributed by atoms with Gasteiger partial charge in [-0.05, 0) is 47.7 Å². The predicted molar refractivity (Wildman–Crippen MR) is 211 cm³/mol. The second kappa shape index (κ2) is 12.9. The monoisotopic (exact) mass is 657 g/mol. The van der Waals surface area contributed by atoms with E-state index in [0.29, 0.717) is 18.2 Å². The normalized spacial score (nSPS) is 12.3. The quantitative estimate of drug-likeness (QED) is 0.132. The average Bonchev–Trinajstić information content (AvgIpc) is 3.77. The Hall–Kier alpha value is -6.85. The van der Waals surface area contributed by atoms with Gasteiger partial charge in [0.2, 0.25) is 0 Å². The van der Waals surface area contributed by atoms with Gasteiger partial charge in [-0.15, -0.1) is 0 Å². The summed E-state index contributed by atoms with van der Waals surface area (Å²) in [6, 6.07) is 55.5. The van der Waals surface area contributed by atoms with Crippen LogP contribution in [0.1, 0.15) is 16.7 Å². The summed E-state index contributed by atoms with van der Waals surface area (Å²) in [6.45, 7) is 4.23. The van der Waals surface area contributed by atoms with Crippen LogP contribution in [0.25, 0.3) is 66.1 Å². The maximum atomic E-state index is 6.37. The van der Waals surface area contributed by atoms with E-state index in [9.17, 15) is 0 Å². The molecular formula is C46H31N3O2. The molecule has 2 heterocycles.